The Hall–Kier alpha value is -3.19. The second-order valence-corrected chi connectivity index (χ2v) is 12.2. The van der Waals surface area contributed by atoms with E-state index in [0.29, 0.717) is 17.4 Å². The van der Waals surface area contributed by atoms with Crippen molar-refractivity contribution in [3.63, 3.8) is 0 Å². The largest absolute Gasteiger partial charge is 0.365 e. The molecule has 13 heteroatoms. The van der Waals surface area contributed by atoms with Gasteiger partial charge in [0.25, 0.3) is 5.16 Å². The van der Waals surface area contributed by atoms with E-state index in [1.54, 1.807) is 18.2 Å². The molecular formula is C23H30FN9O2S. The van der Waals surface area contributed by atoms with E-state index < -0.39 is 15.7 Å². The highest BCUT2D eigenvalue weighted by molar-refractivity contribution is 7.90. The van der Waals surface area contributed by atoms with E-state index in [9.17, 15) is 12.8 Å². The molecule has 192 valence electrons. The van der Waals surface area contributed by atoms with Crippen molar-refractivity contribution in [3.8, 4) is 5.69 Å². The fourth-order valence-corrected chi connectivity index (χ4v) is 6.08. The molecule has 3 aromatic rings. The minimum Gasteiger partial charge on any atom is -0.365 e. The first-order valence-electron chi connectivity index (χ1n) is 11.9. The second kappa shape index (κ2) is 9.04. The van der Waals surface area contributed by atoms with Crippen molar-refractivity contribution in [3.05, 3.63) is 35.8 Å². The quantitative estimate of drug-likeness (QED) is 0.505. The van der Waals surface area contributed by atoms with Gasteiger partial charge in [-0.25, -0.2) is 17.8 Å². The SMILES string of the molecule is Cc1ccc(Nc2ncc(F)c(NC3CC4CCCN4C(C)(C)C3)n2)cc1-n1nnnc1S(C)(=O)=O. The number of anilines is 3. The van der Waals surface area contributed by atoms with Gasteiger partial charge in [0.15, 0.2) is 11.6 Å². The van der Waals surface area contributed by atoms with Crippen LogP contribution < -0.4 is 10.6 Å². The number of hydrogen-bond acceptors (Lipinski definition) is 10. The number of piperidine rings is 1. The van der Waals surface area contributed by atoms with Gasteiger partial charge in [-0.2, -0.15) is 9.67 Å². The van der Waals surface area contributed by atoms with E-state index in [1.165, 1.54) is 17.5 Å². The Morgan fingerprint density at radius 3 is 2.83 bits per heavy atom. The van der Waals surface area contributed by atoms with Gasteiger partial charge in [0.05, 0.1) is 11.9 Å². The molecule has 2 aromatic heterocycles. The Morgan fingerprint density at radius 1 is 1.25 bits per heavy atom. The molecule has 11 nitrogen and oxygen atoms in total. The van der Waals surface area contributed by atoms with Crippen LogP contribution in [0.4, 0.5) is 21.8 Å². The summed E-state index contributed by atoms with van der Waals surface area (Å²) in [5, 5.41) is 17.1. The zero-order valence-corrected chi connectivity index (χ0v) is 21.5. The zero-order valence-electron chi connectivity index (χ0n) is 20.7. The zero-order chi connectivity index (χ0) is 25.7. The number of sulfone groups is 1. The lowest BCUT2D eigenvalue weighted by molar-refractivity contribution is 0.0500. The molecule has 0 saturated carbocycles. The van der Waals surface area contributed by atoms with E-state index in [1.807, 2.05) is 6.92 Å². The van der Waals surface area contributed by atoms with Crippen LogP contribution in [-0.2, 0) is 9.84 Å². The molecule has 0 spiro atoms. The van der Waals surface area contributed by atoms with Gasteiger partial charge in [-0.15, -0.1) is 0 Å². The fourth-order valence-electron chi connectivity index (χ4n) is 5.45. The van der Waals surface area contributed by atoms with Crippen molar-refractivity contribution in [1.29, 1.82) is 0 Å². The smallest absolute Gasteiger partial charge is 0.272 e. The summed E-state index contributed by atoms with van der Waals surface area (Å²) < 4.78 is 40.0. The first kappa shape index (κ1) is 24.5. The monoisotopic (exact) mass is 515 g/mol. The lowest BCUT2D eigenvalue weighted by Crippen LogP contribution is -2.55. The Kier molecular flexibility index (Phi) is 6.15. The summed E-state index contributed by atoms with van der Waals surface area (Å²) in [5.74, 6) is -0.137. The van der Waals surface area contributed by atoms with Gasteiger partial charge in [-0.05, 0) is 81.1 Å². The van der Waals surface area contributed by atoms with Crippen LogP contribution in [0.2, 0.25) is 0 Å². The number of aryl methyl sites for hydroxylation is 1. The van der Waals surface area contributed by atoms with Gasteiger partial charge in [-0.3, -0.25) is 4.90 Å². The number of hydrogen-bond donors (Lipinski definition) is 2. The molecule has 5 rings (SSSR count). The van der Waals surface area contributed by atoms with Crippen LogP contribution >= 0.6 is 0 Å². The minimum absolute atomic E-state index is 0.0427. The van der Waals surface area contributed by atoms with Gasteiger partial charge in [0.1, 0.15) is 0 Å². The van der Waals surface area contributed by atoms with E-state index in [4.69, 9.17) is 0 Å². The standard InChI is InChI=1S/C23H30FN9O2S/c1-14-7-8-15(11-19(14)33-22(29-30-31-33)36(4,34)35)27-21-25-13-18(24)20(28-21)26-16-10-17-6-5-9-32(17)23(2,3)12-16/h7-8,11,13,16-17H,5-6,9-10,12H2,1-4H3,(H2,25,26,27,28). The molecule has 2 fully saturated rings. The van der Waals surface area contributed by atoms with Crippen LogP contribution in [0.25, 0.3) is 5.69 Å². The minimum atomic E-state index is -3.64. The van der Waals surface area contributed by atoms with Crippen LogP contribution in [0.3, 0.4) is 0 Å². The lowest BCUT2D eigenvalue weighted by Gasteiger charge is -2.47. The number of fused-ring (bicyclic) bond motifs is 1. The summed E-state index contributed by atoms with van der Waals surface area (Å²) in [6.45, 7) is 7.43. The van der Waals surface area contributed by atoms with Crippen molar-refractivity contribution in [2.24, 2.45) is 0 Å². The highest BCUT2D eigenvalue weighted by Gasteiger charge is 2.43. The Morgan fingerprint density at radius 2 is 2.06 bits per heavy atom. The fraction of sp³-hybridized carbons (Fsp3) is 0.522. The van der Waals surface area contributed by atoms with Crippen molar-refractivity contribution in [2.45, 2.75) is 69.2 Å². The predicted octanol–water partition coefficient (Wildman–Crippen LogP) is 2.86. The van der Waals surface area contributed by atoms with Crippen LogP contribution in [-0.4, -0.2) is 73.9 Å². The second-order valence-electron chi connectivity index (χ2n) is 10.2. The van der Waals surface area contributed by atoms with Crippen LogP contribution in [0, 0.1) is 12.7 Å². The van der Waals surface area contributed by atoms with Crippen LogP contribution in [0.5, 0.6) is 0 Å². The number of nitrogens with zero attached hydrogens (tertiary/aromatic N) is 7. The molecule has 1 aromatic carbocycles. The van der Waals surface area contributed by atoms with E-state index in [0.717, 1.165) is 37.4 Å². The highest BCUT2D eigenvalue weighted by atomic mass is 32.2. The van der Waals surface area contributed by atoms with Crippen molar-refractivity contribution in [2.75, 3.05) is 23.4 Å². The molecule has 2 saturated heterocycles. The first-order valence-corrected chi connectivity index (χ1v) is 13.8. The number of benzene rings is 1. The molecule has 4 heterocycles. The Bertz CT molecular complexity index is 1390. The molecule has 2 atom stereocenters. The number of rotatable bonds is 6. The molecule has 36 heavy (non-hydrogen) atoms. The van der Waals surface area contributed by atoms with Gasteiger partial charge in [0, 0.05) is 29.6 Å². The third kappa shape index (κ3) is 4.76. The molecule has 2 aliphatic rings. The summed E-state index contributed by atoms with van der Waals surface area (Å²) in [6, 6.07) is 5.89. The molecule has 0 radical (unpaired) electrons. The Balaban J connectivity index is 1.37. The topological polar surface area (TPSA) is 131 Å². The predicted molar refractivity (Wildman–Crippen MR) is 133 cm³/mol. The van der Waals surface area contributed by atoms with Gasteiger partial charge in [-0.1, -0.05) is 11.2 Å². The third-order valence-corrected chi connectivity index (χ3v) is 7.93. The maximum absolute atomic E-state index is 14.7. The van der Waals surface area contributed by atoms with Gasteiger partial charge < -0.3 is 10.6 Å². The summed E-state index contributed by atoms with van der Waals surface area (Å²) in [7, 11) is -3.64. The van der Waals surface area contributed by atoms with Crippen LogP contribution in [0.15, 0.2) is 29.6 Å². The van der Waals surface area contributed by atoms with E-state index >= 15 is 0 Å². The average Bonchev–Trinajstić information content (AvgIpc) is 3.47. The molecular weight excluding hydrogens is 485 g/mol. The van der Waals surface area contributed by atoms with Gasteiger partial charge in [0.2, 0.25) is 15.8 Å². The maximum Gasteiger partial charge on any atom is 0.272 e. The molecule has 2 aliphatic heterocycles. The molecule has 0 aliphatic carbocycles. The number of nitrogens with one attached hydrogen (secondary N) is 2. The van der Waals surface area contributed by atoms with Crippen molar-refractivity contribution < 1.29 is 12.8 Å². The lowest BCUT2D eigenvalue weighted by atomic mass is 9.84. The highest BCUT2D eigenvalue weighted by Crippen LogP contribution is 2.38. The number of aromatic nitrogens is 6. The van der Waals surface area contributed by atoms with Crippen molar-refractivity contribution >= 4 is 27.3 Å². The molecule has 0 bridgehead atoms. The summed E-state index contributed by atoms with van der Waals surface area (Å²) in [4.78, 5) is 11.1. The van der Waals surface area contributed by atoms with Crippen LogP contribution in [0.1, 0.15) is 45.1 Å². The summed E-state index contributed by atoms with van der Waals surface area (Å²) in [6.07, 6.45) is 6.40. The first-order chi connectivity index (χ1) is 17.0. The van der Waals surface area contributed by atoms with Gasteiger partial charge >= 0.3 is 0 Å². The molecule has 2 N–H and O–H groups in total. The third-order valence-electron chi connectivity index (χ3n) is 7.01. The molecule has 2 unspecified atom stereocenters. The summed E-state index contributed by atoms with van der Waals surface area (Å²) >= 11 is 0. The molecule has 0 amide bonds. The van der Waals surface area contributed by atoms with Crippen molar-refractivity contribution in [1.82, 2.24) is 35.1 Å². The Labute approximate surface area is 209 Å². The average molecular weight is 516 g/mol. The van der Waals surface area contributed by atoms with E-state index in [-0.39, 0.29) is 28.5 Å². The summed E-state index contributed by atoms with van der Waals surface area (Å²) in [5.41, 5.74) is 1.86. The number of halogens is 1. The number of tetrazole rings is 1. The normalized spacial score (nSPS) is 21.8. The maximum atomic E-state index is 14.7. The van der Waals surface area contributed by atoms with E-state index in [2.05, 4.69) is 54.9 Å².